The Bertz CT molecular complexity index is 695. The molecule has 130 valence electrons. The van der Waals surface area contributed by atoms with Gasteiger partial charge in [0.1, 0.15) is 6.54 Å². The molecule has 0 aliphatic carbocycles. The van der Waals surface area contributed by atoms with E-state index in [0.717, 1.165) is 12.0 Å². The summed E-state index contributed by atoms with van der Waals surface area (Å²) >= 11 is 0. The van der Waals surface area contributed by atoms with E-state index in [0.29, 0.717) is 5.82 Å². The van der Waals surface area contributed by atoms with Crippen LogP contribution in [0.3, 0.4) is 0 Å². The number of amides is 1. The van der Waals surface area contributed by atoms with Crippen molar-refractivity contribution >= 4 is 5.91 Å². The fraction of sp³-hybridized carbons (Fsp3) is 0.556. The number of hydrogen-bond donors (Lipinski definition) is 1. The summed E-state index contributed by atoms with van der Waals surface area (Å²) in [4.78, 5) is 13.6. The van der Waals surface area contributed by atoms with Gasteiger partial charge < -0.3 is 5.32 Å². The number of nitrogens with one attached hydrogen (secondary N) is 1. The Morgan fingerprint density at radius 1 is 1.12 bits per heavy atom. The first-order valence-electron chi connectivity index (χ1n) is 8.20. The van der Waals surface area contributed by atoms with E-state index >= 15 is 0 Å². The molecule has 0 radical (unpaired) electrons. The van der Waals surface area contributed by atoms with E-state index in [2.05, 4.69) is 41.5 Å². The van der Waals surface area contributed by atoms with Crippen molar-refractivity contribution in [2.75, 3.05) is 0 Å². The van der Waals surface area contributed by atoms with Crippen molar-refractivity contribution in [1.29, 1.82) is 0 Å². The number of rotatable bonds is 5. The molecule has 0 unspecified atom stereocenters. The van der Waals surface area contributed by atoms with Gasteiger partial charge in [-0.05, 0) is 37.8 Å². The molecule has 2 aromatic rings. The minimum atomic E-state index is -0.282. The minimum Gasteiger partial charge on any atom is -0.350 e. The Hall–Kier alpha value is -2.24. The number of tetrazole rings is 1. The van der Waals surface area contributed by atoms with Crippen LogP contribution in [0.25, 0.3) is 11.4 Å². The molecule has 24 heavy (non-hydrogen) atoms. The number of benzene rings is 1. The lowest BCUT2D eigenvalue weighted by molar-refractivity contribution is -0.124. The highest BCUT2D eigenvalue weighted by atomic mass is 16.2. The van der Waals surface area contributed by atoms with E-state index in [1.165, 1.54) is 10.4 Å². The number of carbonyl (C=O) groups excluding carboxylic acids is 1. The van der Waals surface area contributed by atoms with Crippen LogP contribution in [-0.2, 0) is 11.3 Å². The molecule has 1 amide bonds. The highest BCUT2D eigenvalue weighted by Gasteiger charge is 2.27. The second-order valence-corrected chi connectivity index (χ2v) is 8.18. The standard InChI is InChI=1S/C18H27N5O/c1-13-7-9-14(10-8-13)16-20-22-23(21-16)11-15(24)19-18(5,6)12-17(2,3)4/h7-10H,11-12H2,1-6H3,(H,19,24). The molecule has 1 heterocycles. The predicted molar refractivity (Wildman–Crippen MR) is 94.3 cm³/mol. The Balaban J connectivity index is 1.99. The highest BCUT2D eigenvalue weighted by Crippen LogP contribution is 2.26. The number of aryl methyl sites for hydroxylation is 1. The van der Waals surface area contributed by atoms with Crippen molar-refractivity contribution in [3.8, 4) is 11.4 Å². The maximum atomic E-state index is 12.3. The van der Waals surface area contributed by atoms with Gasteiger partial charge in [-0.15, -0.1) is 10.2 Å². The van der Waals surface area contributed by atoms with Gasteiger partial charge in [0.05, 0.1) is 0 Å². The molecule has 0 spiro atoms. The average Bonchev–Trinajstić information content (AvgIpc) is 2.84. The predicted octanol–water partition coefficient (Wildman–Crippen LogP) is 2.98. The zero-order chi connectivity index (χ0) is 18.0. The number of nitrogens with zero attached hydrogens (tertiary/aromatic N) is 4. The van der Waals surface area contributed by atoms with Crippen LogP contribution in [0.5, 0.6) is 0 Å². The van der Waals surface area contributed by atoms with E-state index < -0.39 is 0 Å². The molecule has 0 bridgehead atoms. The third-order valence-corrected chi connectivity index (χ3v) is 3.50. The lowest BCUT2D eigenvalue weighted by Crippen LogP contribution is -2.47. The maximum absolute atomic E-state index is 12.3. The Morgan fingerprint density at radius 2 is 1.75 bits per heavy atom. The summed E-state index contributed by atoms with van der Waals surface area (Å²) in [6, 6.07) is 7.89. The van der Waals surface area contributed by atoms with E-state index in [1.54, 1.807) is 0 Å². The zero-order valence-corrected chi connectivity index (χ0v) is 15.4. The van der Waals surface area contributed by atoms with Gasteiger partial charge in [0.2, 0.25) is 11.7 Å². The van der Waals surface area contributed by atoms with Crippen molar-refractivity contribution in [2.24, 2.45) is 5.41 Å². The molecule has 6 heteroatoms. The molecule has 1 aromatic heterocycles. The fourth-order valence-corrected chi connectivity index (χ4v) is 3.04. The largest absolute Gasteiger partial charge is 0.350 e. The summed E-state index contributed by atoms with van der Waals surface area (Å²) in [5.74, 6) is 0.411. The van der Waals surface area contributed by atoms with Crippen molar-refractivity contribution < 1.29 is 4.79 Å². The van der Waals surface area contributed by atoms with Crippen LogP contribution in [0.4, 0.5) is 0 Å². The molecule has 0 aliphatic rings. The molecule has 0 saturated carbocycles. The second-order valence-electron chi connectivity index (χ2n) is 8.18. The van der Waals surface area contributed by atoms with Gasteiger partial charge in [-0.3, -0.25) is 4.79 Å². The molecule has 0 atom stereocenters. The van der Waals surface area contributed by atoms with Gasteiger partial charge in [0.25, 0.3) is 0 Å². The summed E-state index contributed by atoms with van der Waals surface area (Å²) in [6.45, 7) is 12.6. The SMILES string of the molecule is Cc1ccc(-c2nnn(CC(=O)NC(C)(C)CC(C)(C)C)n2)cc1. The average molecular weight is 329 g/mol. The summed E-state index contributed by atoms with van der Waals surface area (Å²) in [7, 11) is 0. The van der Waals surface area contributed by atoms with Crippen LogP contribution in [0, 0.1) is 12.3 Å². The van der Waals surface area contributed by atoms with Gasteiger partial charge in [0.15, 0.2) is 0 Å². The quantitative estimate of drug-likeness (QED) is 0.915. The summed E-state index contributed by atoms with van der Waals surface area (Å²) in [6.07, 6.45) is 0.880. The molecule has 6 nitrogen and oxygen atoms in total. The molecule has 1 N–H and O–H groups in total. The first-order valence-corrected chi connectivity index (χ1v) is 8.20. The van der Waals surface area contributed by atoms with Crippen LogP contribution in [-0.4, -0.2) is 31.7 Å². The highest BCUT2D eigenvalue weighted by molar-refractivity contribution is 5.76. The number of carbonyl (C=O) groups is 1. The minimum absolute atomic E-state index is 0.0619. The van der Waals surface area contributed by atoms with Crippen LogP contribution in [0.2, 0.25) is 0 Å². The van der Waals surface area contributed by atoms with Crippen LogP contribution >= 0.6 is 0 Å². The third-order valence-electron chi connectivity index (χ3n) is 3.50. The van der Waals surface area contributed by atoms with Gasteiger partial charge in [-0.2, -0.15) is 4.80 Å². The first kappa shape index (κ1) is 18.1. The Morgan fingerprint density at radius 3 is 2.33 bits per heavy atom. The monoisotopic (exact) mass is 329 g/mol. The normalized spacial score (nSPS) is 12.2. The molecule has 1 aromatic carbocycles. The smallest absolute Gasteiger partial charge is 0.244 e. The van der Waals surface area contributed by atoms with E-state index in [4.69, 9.17) is 0 Å². The number of hydrogen-bond acceptors (Lipinski definition) is 4. The fourth-order valence-electron chi connectivity index (χ4n) is 3.04. The van der Waals surface area contributed by atoms with Crippen LogP contribution in [0.15, 0.2) is 24.3 Å². The summed E-state index contributed by atoms with van der Waals surface area (Å²) < 4.78 is 0. The third kappa shape index (κ3) is 5.44. The molecular formula is C18H27N5O. The van der Waals surface area contributed by atoms with Crippen LogP contribution in [0.1, 0.15) is 46.6 Å². The Labute approximate surface area is 143 Å². The lowest BCUT2D eigenvalue weighted by Gasteiger charge is -2.33. The van der Waals surface area contributed by atoms with Gasteiger partial charge in [-0.1, -0.05) is 50.6 Å². The van der Waals surface area contributed by atoms with Crippen LogP contribution < -0.4 is 5.32 Å². The first-order chi connectivity index (χ1) is 11.0. The molecule has 0 aliphatic heterocycles. The van der Waals surface area contributed by atoms with Gasteiger partial charge in [0, 0.05) is 11.1 Å². The van der Waals surface area contributed by atoms with E-state index in [1.807, 2.05) is 45.0 Å². The van der Waals surface area contributed by atoms with Crippen molar-refractivity contribution in [2.45, 2.75) is 60.0 Å². The lowest BCUT2D eigenvalue weighted by atomic mass is 9.82. The van der Waals surface area contributed by atoms with Crippen molar-refractivity contribution in [1.82, 2.24) is 25.5 Å². The molecule has 2 rings (SSSR count). The van der Waals surface area contributed by atoms with Gasteiger partial charge in [-0.25, -0.2) is 0 Å². The van der Waals surface area contributed by atoms with Crippen molar-refractivity contribution in [3.05, 3.63) is 29.8 Å². The topological polar surface area (TPSA) is 72.7 Å². The maximum Gasteiger partial charge on any atom is 0.244 e. The Kier molecular flexibility index (Phi) is 5.06. The summed E-state index contributed by atoms with van der Waals surface area (Å²) in [5, 5.41) is 15.3. The summed E-state index contributed by atoms with van der Waals surface area (Å²) in [5.41, 5.74) is 1.92. The van der Waals surface area contributed by atoms with E-state index in [9.17, 15) is 4.79 Å². The van der Waals surface area contributed by atoms with E-state index in [-0.39, 0.29) is 23.4 Å². The van der Waals surface area contributed by atoms with Gasteiger partial charge >= 0.3 is 0 Å². The molecular weight excluding hydrogens is 302 g/mol. The molecule has 0 fully saturated rings. The second kappa shape index (κ2) is 6.71. The number of aromatic nitrogens is 4. The molecule has 0 saturated heterocycles. The van der Waals surface area contributed by atoms with Crippen molar-refractivity contribution in [3.63, 3.8) is 0 Å². The zero-order valence-electron chi connectivity index (χ0n) is 15.4.